The van der Waals surface area contributed by atoms with E-state index in [1.165, 1.54) is 6.21 Å². The first-order chi connectivity index (χ1) is 17.9. The summed E-state index contributed by atoms with van der Waals surface area (Å²) in [6, 6.07) is 20.4. The molecule has 0 aliphatic rings. The van der Waals surface area contributed by atoms with Crippen molar-refractivity contribution in [2.24, 2.45) is 5.10 Å². The van der Waals surface area contributed by atoms with Gasteiger partial charge in [-0.05, 0) is 67.9 Å². The van der Waals surface area contributed by atoms with Crippen molar-refractivity contribution in [3.63, 3.8) is 0 Å². The molecule has 0 bridgehead atoms. The van der Waals surface area contributed by atoms with Gasteiger partial charge in [-0.25, -0.2) is 5.43 Å². The number of carbonyl (C=O) groups is 2. The zero-order valence-corrected chi connectivity index (χ0v) is 20.9. The summed E-state index contributed by atoms with van der Waals surface area (Å²) in [5, 5.41) is 15.9. The highest BCUT2D eigenvalue weighted by Crippen LogP contribution is 2.29. The Morgan fingerprint density at radius 1 is 1.05 bits per heavy atom. The van der Waals surface area contributed by atoms with Crippen LogP contribution in [0.2, 0.25) is 0 Å². The predicted octanol–water partition coefficient (Wildman–Crippen LogP) is 3.81. The molecule has 0 spiro atoms. The first-order valence-corrected chi connectivity index (χ1v) is 11.6. The third kappa shape index (κ3) is 7.57. The smallest absolute Gasteiger partial charge is 0.262 e. The van der Waals surface area contributed by atoms with Crippen LogP contribution in [0.5, 0.6) is 17.2 Å². The molecule has 3 rings (SSSR count). The molecule has 0 radical (unpaired) electrons. The van der Waals surface area contributed by atoms with Crippen LogP contribution >= 0.6 is 0 Å². The van der Waals surface area contributed by atoms with E-state index in [0.29, 0.717) is 40.5 Å². The largest absolute Gasteiger partial charge is 0.497 e. The van der Waals surface area contributed by atoms with Crippen molar-refractivity contribution in [2.75, 3.05) is 13.7 Å². The molecule has 1 unspecified atom stereocenters. The fraction of sp³-hybridized carbons (Fsp3) is 0.214. The molecule has 9 nitrogen and oxygen atoms in total. The van der Waals surface area contributed by atoms with Gasteiger partial charge in [-0.15, -0.1) is 0 Å². The molecule has 0 heterocycles. The number of ether oxygens (including phenoxy) is 3. The Balaban J connectivity index is 1.58. The van der Waals surface area contributed by atoms with Crippen LogP contribution in [0.25, 0.3) is 0 Å². The maximum Gasteiger partial charge on any atom is 0.262 e. The van der Waals surface area contributed by atoms with Crippen LogP contribution in [0.3, 0.4) is 0 Å². The van der Waals surface area contributed by atoms with Crippen molar-refractivity contribution >= 4 is 18.0 Å². The molecule has 0 saturated heterocycles. The molecule has 37 heavy (non-hydrogen) atoms. The highest BCUT2D eigenvalue weighted by atomic mass is 16.5. The highest BCUT2D eigenvalue weighted by Gasteiger charge is 2.16. The van der Waals surface area contributed by atoms with Crippen LogP contribution in [-0.4, -0.2) is 37.8 Å². The SMILES string of the molecule is CCOc1cc(C=NNC(=O)C(C)NC(=O)c2ccc(OC)cc2)ccc1OCc1ccccc1C#N. The fourth-order valence-corrected chi connectivity index (χ4v) is 3.26. The number of hydrogen-bond acceptors (Lipinski definition) is 7. The van der Waals surface area contributed by atoms with Crippen LogP contribution in [0, 0.1) is 11.3 Å². The average Bonchev–Trinajstić information content (AvgIpc) is 2.92. The molecule has 3 aromatic carbocycles. The van der Waals surface area contributed by atoms with Gasteiger partial charge < -0.3 is 19.5 Å². The van der Waals surface area contributed by atoms with Gasteiger partial charge in [-0.1, -0.05) is 18.2 Å². The molecule has 0 saturated carbocycles. The second-order valence-corrected chi connectivity index (χ2v) is 7.85. The van der Waals surface area contributed by atoms with Gasteiger partial charge >= 0.3 is 0 Å². The minimum absolute atomic E-state index is 0.216. The molecule has 0 fully saturated rings. The normalized spacial score (nSPS) is 11.3. The molecule has 2 amide bonds. The first kappa shape index (κ1) is 26.8. The number of methoxy groups -OCH3 is 1. The minimum atomic E-state index is -0.808. The number of amides is 2. The Morgan fingerprint density at radius 3 is 2.51 bits per heavy atom. The zero-order chi connectivity index (χ0) is 26.6. The van der Waals surface area contributed by atoms with Crippen molar-refractivity contribution in [1.29, 1.82) is 5.26 Å². The van der Waals surface area contributed by atoms with Gasteiger partial charge in [0, 0.05) is 11.1 Å². The number of benzene rings is 3. The topological polar surface area (TPSA) is 122 Å². The number of hydrogen-bond donors (Lipinski definition) is 2. The maximum absolute atomic E-state index is 12.4. The highest BCUT2D eigenvalue weighted by molar-refractivity contribution is 5.97. The lowest BCUT2D eigenvalue weighted by Gasteiger charge is -2.13. The molecular formula is C28H28N4O5. The Hall–Kier alpha value is -4.84. The molecule has 0 aliphatic heterocycles. The number of nitrogens with one attached hydrogen (secondary N) is 2. The van der Waals surface area contributed by atoms with E-state index in [4.69, 9.17) is 14.2 Å². The number of rotatable bonds is 11. The fourth-order valence-electron chi connectivity index (χ4n) is 3.26. The van der Waals surface area contributed by atoms with Gasteiger partial charge in [0.1, 0.15) is 18.4 Å². The van der Waals surface area contributed by atoms with Crippen LogP contribution in [0.4, 0.5) is 0 Å². The summed E-state index contributed by atoms with van der Waals surface area (Å²) in [5.74, 6) is 0.800. The molecule has 3 aromatic rings. The van der Waals surface area contributed by atoms with Crippen LogP contribution in [0.15, 0.2) is 71.8 Å². The monoisotopic (exact) mass is 500 g/mol. The predicted molar refractivity (Wildman–Crippen MR) is 139 cm³/mol. The van der Waals surface area contributed by atoms with Crippen LogP contribution in [0.1, 0.15) is 40.9 Å². The summed E-state index contributed by atoms with van der Waals surface area (Å²) >= 11 is 0. The van der Waals surface area contributed by atoms with Gasteiger partial charge in [0.15, 0.2) is 11.5 Å². The van der Waals surface area contributed by atoms with Crippen LogP contribution in [-0.2, 0) is 11.4 Å². The van der Waals surface area contributed by atoms with E-state index >= 15 is 0 Å². The van der Waals surface area contributed by atoms with E-state index in [1.807, 2.05) is 19.1 Å². The lowest BCUT2D eigenvalue weighted by molar-refractivity contribution is -0.122. The van der Waals surface area contributed by atoms with Crippen LogP contribution < -0.4 is 25.0 Å². The zero-order valence-electron chi connectivity index (χ0n) is 20.9. The number of nitriles is 1. The second kappa shape index (κ2) is 13.3. The van der Waals surface area contributed by atoms with Crippen molar-refractivity contribution < 1.29 is 23.8 Å². The van der Waals surface area contributed by atoms with Gasteiger partial charge in [-0.2, -0.15) is 10.4 Å². The standard InChI is InChI=1S/C28H28N4O5/c1-4-36-26-15-20(9-14-25(26)37-18-23-8-6-5-7-22(23)16-29)17-30-32-27(33)19(2)31-28(34)21-10-12-24(35-3)13-11-21/h5-15,17,19H,4,18H2,1-3H3,(H,31,34)(H,32,33). The number of hydrazone groups is 1. The van der Waals surface area contributed by atoms with E-state index in [0.717, 1.165) is 5.56 Å². The van der Waals surface area contributed by atoms with E-state index in [1.54, 1.807) is 68.6 Å². The van der Waals surface area contributed by atoms with Crippen molar-refractivity contribution in [1.82, 2.24) is 10.7 Å². The summed E-state index contributed by atoms with van der Waals surface area (Å²) in [4.78, 5) is 24.7. The molecular weight excluding hydrogens is 472 g/mol. The minimum Gasteiger partial charge on any atom is -0.497 e. The molecule has 1 atom stereocenters. The third-order valence-electron chi connectivity index (χ3n) is 5.27. The number of carbonyl (C=O) groups excluding carboxylic acids is 2. The lowest BCUT2D eigenvalue weighted by atomic mass is 10.1. The molecule has 0 aliphatic carbocycles. The molecule has 190 valence electrons. The summed E-state index contributed by atoms with van der Waals surface area (Å²) in [6.45, 7) is 4.06. The average molecular weight is 501 g/mol. The van der Waals surface area contributed by atoms with Crippen molar-refractivity contribution in [3.05, 3.63) is 89.0 Å². The van der Waals surface area contributed by atoms with Gasteiger partial charge in [0.05, 0.1) is 31.6 Å². The summed E-state index contributed by atoms with van der Waals surface area (Å²) in [5.41, 5.74) is 4.83. The van der Waals surface area contributed by atoms with E-state index in [-0.39, 0.29) is 12.5 Å². The van der Waals surface area contributed by atoms with E-state index in [9.17, 15) is 14.9 Å². The van der Waals surface area contributed by atoms with E-state index < -0.39 is 11.9 Å². The lowest BCUT2D eigenvalue weighted by Crippen LogP contribution is -2.43. The first-order valence-electron chi connectivity index (χ1n) is 11.6. The number of nitrogens with zero attached hydrogens (tertiary/aromatic N) is 2. The summed E-state index contributed by atoms with van der Waals surface area (Å²) in [7, 11) is 1.54. The molecule has 2 N–H and O–H groups in total. The van der Waals surface area contributed by atoms with Gasteiger partial charge in [0.25, 0.3) is 11.8 Å². The van der Waals surface area contributed by atoms with Gasteiger partial charge in [-0.3, -0.25) is 9.59 Å². The summed E-state index contributed by atoms with van der Waals surface area (Å²) < 4.78 is 16.7. The Kier molecular flexibility index (Phi) is 9.62. The van der Waals surface area contributed by atoms with Crippen molar-refractivity contribution in [3.8, 4) is 23.3 Å². The van der Waals surface area contributed by atoms with E-state index in [2.05, 4.69) is 21.9 Å². The Bertz CT molecular complexity index is 1300. The third-order valence-corrected chi connectivity index (χ3v) is 5.27. The maximum atomic E-state index is 12.4. The Labute approximate surface area is 215 Å². The summed E-state index contributed by atoms with van der Waals surface area (Å²) in [6.07, 6.45) is 1.47. The second-order valence-electron chi connectivity index (χ2n) is 7.85. The molecule has 0 aromatic heterocycles. The Morgan fingerprint density at radius 2 is 1.81 bits per heavy atom. The quantitative estimate of drug-likeness (QED) is 0.305. The molecule has 9 heteroatoms. The van der Waals surface area contributed by atoms with Gasteiger partial charge in [0.2, 0.25) is 0 Å². The van der Waals surface area contributed by atoms with Crippen molar-refractivity contribution in [2.45, 2.75) is 26.5 Å².